The second kappa shape index (κ2) is 10.4. The van der Waals surface area contributed by atoms with Crippen LogP contribution >= 0.6 is 0 Å². The van der Waals surface area contributed by atoms with Gasteiger partial charge in [0.2, 0.25) is 11.6 Å². The number of aliphatic imine (C=N–C) groups is 1. The average Bonchev–Trinajstić information content (AvgIpc) is 3.36. The van der Waals surface area contributed by atoms with E-state index in [2.05, 4.69) is 9.98 Å². The highest BCUT2D eigenvalue weighted by Crippen LogP contribution is 2.38. The van der Waals surface area contributed by atoms with Crippen molar-refractivity contribution in [2.24, 2.45) is 4.99 Å². The van der Waals surface area contributed by atoms with E-state index >= 15 is 0 Å². The van der Waals surface area contributed by atoms with Crippen LogP contribution in [0.25, 0.3) is 22.6 Å². The number of oxazole rings is 1. The summed E-state index contributed by atoms with van der Waals surface area (Å²) in [7, 11) is 1.40. The molecule has 11 nitrogen and oxygen atoms in total. The minimum Gasteiger partial charge on any atom is -0.493 e. The van der Waals surface area contributed by atoms with E-state index in [4.69, 9.17) is 13.9 Å². The van der Waals surface area contributed by atoms with E-state index in [0.717, 1.165) is 18.2 Å². The Hall–Kier alpha value is -5.65. The normalized spacial score (nSPS) is 11.1. The molecule has 0 spiro atoms. The lowest BCUT2D eigenvalue weighted by atomic mass is 10.2. The van der Waals surface area contributed by atoms with Crippen LogP contribution in [0, 0.1) is 26.0 Å². The zero-order valence-corrected chi connectivity index (χ0v) is 20.1. The molecular formula is C27H17FN4O7. The summed E-state index contributed by atoms with van der Waals surface area (Å²) in [4.78, 5) is 29.7. The second-order valence-corrected chi connectivity index (χ2v) is 8.09. The third kappa shape index (κ3) is 5.25. The van der Waals surface area contributed by atoms with Gasteiger partial charge in [-0.3, -0.25) is 25.2 Å². The molecule has 0 fully saturated rings. The second-order valence-electron chi connectivity index (χ2n) is 8.09. The molecule has 194 valence electrons. The summed E-state index contributed by atoms with van der Waals surface area (Å²) in [5.74, 6) is -0.0324. The molecule has 0 N–H and O–H groups in total. The Kier molecular flexibility index (Phi) is 6.66. The maximum Gasteiger partial charge on any atom is 0.318 e. The van der Waals surface area contributed by atoms with Crippen molar-refractivity contribution >= 4 is 34.4 Å². The molecule has 0 unspecified atom stereocenters. The fourth-order valence-corrected chi connectivity index (χ4v) is 3.71. The molecule has 5 rings (SSSR count). The van der Waals surface area contributed by atoms with Gasteiger partial charge in [0.25, 0.3) is 5.69 Å². The highest BCUT2D eigenvalue weighted by Gasteiger charge is 2.22. The van der Waals surface area contributed by atoms with E-state index in [-0.39, 0.29) is 28.7 Å². The number of nitro groups is 2. The van der Waals surface area contributed by atoms with Crippen LogP contribution in [-0.2, 0) is 0 Å². The minimum atomic E-state index is -0.763. The number of methoxy groups -OCH3 is 1. The zero-order valence-electron chi connectivity index (χ0n) is 20.1. The van der Waals surface area contributed by atoms with Crippen LogP contribution in [0.3, 0.4) is 0 Å². The number of nitrogens with zero attached hydrogens (tertiary/aromatic N) is 4. The minimum absolute atomic E-state index is 0.163. The van der Waals surface area contributed by atoms with Gasteiger partial charge in [0.15, 0.2) is 17.1 Å². The number of halogens is 1. The maximum atomic E-state index is 14.1. The SMILES string of the molecule is COc1cc(C=Nc2ccc3oc(-c4ccccc4F)nc3c2)ccc1Oc1ccc([N+](=O)[O-])cc1[N+](=O)[O-]. The lowest BCUT2D eigenvalue weighted by Crippen LogP contribution is -1.97. The largest absolute Gasteiger partial charge is 0.493 e. The number of rotatable bonds is 8. The van der Waals surface area contributed by atoms with Gasteiger partial charge in [-0.25, -0.2) is 9.37 Å². The highest BCUT2D eigenvalue weighted by atomic mass is 19.1. The van der Waals surface area contributed by atoms with E-state index in [0.29, 0.717) is 22.4 Å². The summed E-state index contributed by atoms with van der Waals surface area (Å²) >= 11 is 0. The van der Waals surface area contributed by atoms with Gasteiger partial charge in [-0.05, 0) is 60.2 Å². The first-order valence-corrected chi connectivity index (χ1v) is 11.3. The lowest BCUT2D eigenvalue weighted by molar-refractivity contribution is -0.394. The standard InChI is InChI=1S/C27H17FN4O7/c1-37-26-12-16(6-9-25(26)38-24-11-8-18(31(33)34)14-22(24)32(35)36)15-29-17-7-10-23-21(13-17)30-27(39-23)19-4-2-3-5-20(19)28/h2-15H,1H3. The first-order valence-electron chi connectivity index (χ1n) is 11.3. The summed E-state index contributed by atoms with van der Waals surface area (Å²) in [6.07, 6.45) is 1.57. The Morgan fingerprint density at radius 3 is 2.46 bits per heavy atom. The quantitative estimate of drug-likeness (QED) is 0.119. The predicted molar refractivity (Wildman–Crippen MR) is 139 cm³/mol. The summed E-state index contributed by atoms with van der Waals surface area (Å²) in [6, 6.07) is 19.2. The van der Waals surface area contributed by atoms with Gasteiger partial charge in [0.1, 0.15) is 11.3 Å². The predicted octanol–water partition coefficient (Wildman–Crippen LogP) is 7.00. The van der Waals surface area contributed by atoms with E-state index < -0.39 is 27.0 Å². The zero-order chi connectivity index (χ0) is 27.5. The van der Waals surface area contributed by atoms with Crippen LogP contribution in [-0.4, -0.2) is 28.2 Å². The van der Waals surface area contributed by atoms with Gasteiger partial charge >= 0.3 is 5.69 Å². The molecule has 0 amide bonds. The topological polar surface area (TPSA) is 143 Å². The van der Waals surface area contributed by atoms with Crippen LogP contribution in [0.5, 0.6) is 17.2 Å². The van der Waals surface area contributed by atoms with E-state index in [1.165, 1.54) is 19.2 Å². The monoisotopic (exact) mass is 528 g/mol. The van der Waals surface area contributed by atoms with Crippen molar-refractivity contribution in [2.75, 3.05) is 7.11 Å². The molecule has 0 aliphatic carbocycles. The number of aromatic nitrogens is 1. The molecule has 1 heterocycles. The van der Waals surface area contributed by atoms with Crippen molar-refractivity contribution in [1.82, 2.24) is 4.98 Å². The van der Waals surface area contributed by atoms with Crippen molar-refractivity contribution in [1.29, 1.82) is 0 Å². The molecule has 0 radical (unpaired) electrons. The Labute approximate surface area is 219 Å². The summed E-state index contributed by atoms with van der Waals surface area (Å²) in [5, 5.41) is 22.4. The molecule has 12 heteroatoms. The smallest absolute Gasteiger partial charge is 0.318 e. The van der Waals surface area contributed by atoms with Gasteiger partial charge in [-0.1, -0.05) is 12.1 Å². The lowest BCUT2D eigenvalue weighted by Gasteiger charge is -2.11. The van der Waals surface area contributed by atoms with Gasteiger partial charge in [0.05, 0.1) is 34.3 Å². The molecule has 0 atom stereocenters. The van der Waals surface area contributed by atoms with E-state index in [1.807, 2.05) is 0 Å². The first-order chi connectivity index (χ1) is 18.8. The molecule has 0 aliphatic heterocycles. The Balaban J connectivity index is 1.38. The number of ether oxygens (including phenoxy) is 2. The summed E-state index contributed by atoms with van der Waals surface area (Å²) in [5.41, 5.74) is 1.45. The molecule has 5 aromatic rings. The van der Waals surface area contributed by atoms with Crippen molar-refractivity contribution < 1.29 is 28.1 Å². The maximum absolute atomic E-state index is 14.1. The molecule has 39 heavy (non-hydrogen) atoms. The van der Waals surface area contributed by atoms with Crippen LogP contribution in [0.4, 0.5) is 21.5 Å². The highest BCUT2D eigenvalue weighted by molar-refractivity contribution is 5.85. The number of benzene rings is 4. The Bertz CT molecular complexity index is 1770. The number of nitro benzene ring substituents is 2. The molecule has 0 saturated heterocycles. The summed E-state index contributed by atoms with van der Waals surface area (Å²) < 4.78 is 30.8. The molecular weight excluding hydrogens is 511 g/mol. The number of hydrogen-bond acceptors (Lipinski definition) is 9. The van der Waals surface area contributed by atoms with Gasteiger partial charge in [-0.2, -0.15) is 0 Å². The fraction of sp³-hybridized carbons (Fsp3) is 0.0370. The Morgan fingerprint density at radius 2 is 1.72 bits per heavy atom. The molecule has 0 aliphatic rings. The van der Waals surface area contributed by atoms with Crippen molar-refractivity contribution in [3.63, 3.8) is 0 Å². The van der Waals surface area contributed by atoms with Gasteiger partial charge in [-0.15, -0.1) is 0 Å². The average molecular weight is 528 g/mol. The number of fused-ring (bicyclic) bond motifs is 1. The van der Waals surface area contributed by atoms with Crippen molar-refractivity contribution in [2.45, 2.75) is 0 Å². The number of hydrogen-bond donors (Lipinski definition) is 0. The molecule has 4 aromatic carbocycles. The fourth-order valence-electron chi connectivity index (χ4n) is 3.71. The van der Waals surface area contributed by atoms with Crippen molar-refractivity contribution in [3.8, 4) is 28.7 Å². The van der Waals surface area contributed by atoms with Crippen LogP contribution in [0.15, 0.2) is 88.3 Å². The first kappa shape index (κ1) is 25.0. The molecule has 0 bridgehead atoms. The van der Waals surface area contributed by atoms with Crippen LogP contribution in [0.1, 0.15) is 5.56 Å². The van der Waals surface area contributed by atoms with E-state index in [9.17, 15) is 24.6 Å². The van der Waals surface area contributed by atoms with Crippen molar-refractivity contribution in [3.05, 3.63) is 110 Å². The van der Waals surface area contributed by atoms with Crippen LogP contribution in [0.2, 0.25) is 0 Å². The van der Waals surface area contributed by atoms with E-state index in [1.54, 1.807) is 54.7 Å². The Morgan fingerprint density at radius 1 is 0.923 bits per heavy atom. The third-order valence-corrected chi connectivity index (χ3v) is 5.60. The summed E-state index contributed by atoms with van der Waals surface area (Å²) in [6.45, 7) is 0. The molecule has 0 saturated carbocycles. The number of non-ortho nitro benzene ring substituents is 1. The van der Waals surface area contributed by atoms with Gasteiger partial charge < -0.3 is 13.9 Å². The van der Waals surface area contributed by atoms with Crippen LogP contribution < -0.4 is 9.47 Å². The van der Waals surface area contributed by atoms with Gasteiger partial charge in [0, 0.05) is 12.3 Å². The molecule has 1 aromatic heterocycles. The third-order valence-electron chi connectivity index (χ3n) is 5.60.